The molecule has 0 amide bonds. The molecule has 0 atom stereocenters. The zero-order valence-electron chi connectivity index (χ0n) is 9.80. The van der Waals surface area contributed by atoms with Gasteiger partial charge >= 0.3 is 5.97 Å². The number of hydrogen-bond donors (Lipinski definition) is 2. The molecular formula is C11H21NO3. The highest BCUT2D eigenvalue weighted by molar-refractivity contribution is 5.73. The maximum atomic E-state index is 10.9. The van der Waals surface area contributed by atoms with Gasteiger partial charge in [-0.3, -0.25) is 4.79 Å². The molecule has 4 nitrogen and oxygen atoms in total. The first-order chi connectivity index (χ1) is 6.86. The van der Waals surface area contributed by atoms with Crippen LogP contribution >= 0.6 is 0 Å². The van der Waals surface area contributed by atoms with E-state index >= 15 is 0 Å². The van der Waals surface area contributed by atoms with Crippen LogP contribution in [-0.2, 0) is 9.53 Å². The first-order valence-corrected chi connectivity index (χ1v) is 5.42. The van der Waals surface area contributed by atoms with Gasteiger partial charge in [0, 0.05) is 25.3 Å². The van der Waals surface area contributed by atoms with Gasteiger partial charge in [0.2, 0.25) is 0 Å². The van der Waals surface area contributed by atoms with Gasteiger partial charge in [-0.25, -0.2) is 0 Å². The van der Waals surface area contributed by atoms with E-state index in [1.165, 1.54) is 0 Å². The minimum atomic E-state index is -0.759. The minimum absolute atomic E-state index is 0.0327. The molecule has 1 aliphatic rings. The van der Waals surface area contributed by atoms with E-state index in [2.05, 4.69) is 12.2 Å². The van der Waals surface area contributed by atoms with Crippen molar-refractivity contribution in [1.29, 1.82) is 0 Å². The van der Waals surface area contributed by atoms with Crippen LogP contribution in [0.15, 0.2) is 0 Å². The number of carboxylic acid groups (broad SMARTS) is 1. The highest BCUT2D eigenvalue weighted by atomic mass is 16.5. The van der Waals surface area contributed by atoms with Crippen molar-refractivity contribution in [3.05, 3.63) is 0 Å². The van der Waals surface area contributed by atoms with Crippen LogP contribution < -0.4 is 5.32 Å². The van der Waals surface area contributed by atoms with E-state index in [0.29, 0.717) is 6.54 Å². The summed E-state index contributed by atoms with van der Waals surface area (Å²) in [4.78, 5) is 10.9. The summed E-state index contributed by atoms with van der Waals surface area (Å²) in [7, 11) is 0. The lowest BCUT2D eigenvalue weighted by atomic mass is 9.88. The van der Waals surface area contributed by atoms with E-state index in [-0.39, 0.29) is 5.54 Å². The van der Waals surface area contributed by atoms with Crippen LogP contribution in [0.25, 0.3) is 0 Å². The molecule has 0 unspecified atom stereocenters. The van der Waals surface area contributed by atoms with Crippen LogP contribution in [-0.4, -0.2) is 36.4 Å². The van der Waals surface area contributed by atoms with Crippen molar-refractivity contribution in [2.45, 2.75) is 39.2 Å². The fourth-order valence-electron chi connectivity index (χ4n) is 1.51. The van der Waals surface area contributed by atoms with Crippen molar-refractivity contribution in [3.63, 3.8) is 0 Å². The van der Waals surface area contributed by atoms with Gasteiger partial charge in [0.1, 0.15) is 0 Å². The fourth-order valence-corrected chi connectivity index (χ4v) is 1.51. The second-order valence-electron chi connectivity index (χ2n) is 5.22. The number of ether oxygens (including phenoxy) is 1. The van der Waals surface area contributed by atoms with Crippen LogP contribution in [0.3, 0.4) is 0 Å². The molecule has 0 saturated carbocycles. The van der Waals surface area contributed by atoms with Gasteiger partial charge in [-0.15, -0.1) is 0 Å². The molecule has 0 radical (unpaired) electrons. The predicted molar refractivity (Wildman–Crippen MR) is 57.9 cm³/mol. The standard InChI is InChI=1S/C11H21NO3/c1-10(2,9(13)14)8-12-11(3)4-6-15-7-5-11/h12H,4-8H2,1-3H3,(H,13,14). The Morgan fingerprint density at radius 3 is 2.47 bits per heavy atom. The van der Waals surface area contributed by atoms with Crippen molar-refractivity contribution in [2.24, 2.45) is 5.41 Å². The first-order valence-electron chi connectivity index (χ1n) is 5.42. The summed E-state index contributed by atoms with van der Waals surface area (Å²) in [6.45, 7) is 7.64. The van der Waals surface area contributed by atoms with Gasteiger partial charge in [-0.1, -0.05) is 0 Å². The second kappa shape index (κ2) is 4.49. The number of carbonyl (C=O) groups is 1. The van der Waals surface area contributed by atoms with Crippen LogP contribution in [0.1, 0.15) is 33.6 Å². The van der Waals surface area contributed by atoms with E-state index in [1.807, 2.05) is 0 Å². The average molecular weight is 215 g/mol. The van der Waals surface area contributed by atoms with Gasteiger partial charge in [0.25, 0.3) is 0 Å². The quantitative estimate of drug-likeness (QED) is 0.741. The molecule has 0 aromatic rings. The fraction of sp³-hybridized carbons (Fsp3) is 0.909. The molecule has 15 heavy (non-hydrogen) atoms. The SMILES string of the molecule is CC1(NCC(C)(C)C(=O)O)CCOCC1. The molecule has 1 aliphatic heterocycles. The lowest BCUT2D eigenvalue weighted by Crippen LogP contribution is -2.51. The Kier molecular flexibility index (Phi) is 3.73. The van der Waals surface area contributed by atoms with Crippen LogP contribution in [0.4, 0.5) is 0 Å². The molecule has 4 heteroatoms. The molecule has 1 heterocycles. The normalized spacial score (nSPS) is 21.3. The molecule has 1 saturated heterocycles. The first kappa shape index (κ1) is 12.5. The van der Waals surface area contributed by atoms with Gasteiger partial charge in [0.15, 0.2) is 0 Å². The van der Waals surface area contributed by atoms with Crippen molar-refractivity contribution in [2.75, 3.05) is 19.8 Å². The highest BCUT2D eigenvalue weighted by Crippen LogP contribution is 2.22. The van der Waals surface area contributed by atoms with Crippen LogP contribution in [0, 0.1) is 5.41 Å². The molecule has 88 valence electrons. The smallest absolute Gasteiger partial charge is 0.310 e. The largest absolute Gasteiger partial charge is 0.481 e. The van der Waals surface area contributed by atoms with Gasteiger partial charge in [-0.2, -0.15) is 0 Å². The molecule has 0 bridgehead atoms. The Labute approximate surface area is 91.0 Å². The number of aliphatic carboxylic acids is 1. The summed E-state index contributed by atoms with van der Waals surface area (Å²) < 4.78 is 5.29. The van der Waals surface area contributed by atoms with E-state index in [4.69, 9.17) is 9.84 Å². The summed E-state index contributed by atoms with van der Waals surface area (Å²) in [5.74, 6) is -0.759. The Balaban J connectivity index is 2.44. The number of hydrogen-bond acceptors (Lipinski definition) is 3. The maximum Gasteiger partial charge on any atom is 0.310 e. The number of rotatable bonds is 4. The minimum Gasteiger partial charge on any atom is -0.481 e. The molecule has 2 N–H and O–H groups in total. The zero-order chi connectivity index (χ0) is 11.5. The molecule has 0 aromatic heterocycles. The molecule has 0 spiro atoms. The lowest BCUT2D eigenvalue weighted by Gasteiger charge is -2.36. The second-order valence-corrected chi connectivity index (χ2v) is 5.22. The maximum absolute atomic E-state index is 10.9. The van der Waals surface area contributed by atoms with E-state index in [9.17, 15) is 4.79 Å². The monoisotopic (exact) mass is 215 g/mol. The third-order valence-corrected chi connectivity index (χ3v) is 3.13. The number of carboxylic acids is 1. The molecular weight excluding hydrogens is 194 g/mol. The van der Waals surface area contributed by atoms with E-state index in [1.54, 1.807) is 13.8 Å². The molecule has 1 rings (SSSR count). The van der Waals surface area contributed by atoms with Crippen molar-refractivity contribution < 1.29 is 14.6 Å². The highest BCUT2D eigenvalue weighted by Gasteiger charge is 2.32. The van der Waals surface area contributed by atoms with Crippen LogP contribution in [0.5, 0.6) is 0 Å². The Morgan fingerprint density at radius 2 is 2.00 bits per heavy atom. The Hall–Kier alpha value is -0.610. The summed E-state index contributed by atoms with van der Waals surface area (Å²) in [6, 6.07) is 0. The van der Waals surface area contributed by atoms with Crippen molar-refractivity contribution >= 4 is 5.97 Å². The Bertz CT molecular complexity index is 232. The Morgan fingerprint density at radius 1 is 1.47 bits per heavy atom. The van der Waals surface area contributed by atoms with Crippen LogP contribution in [0.2, 0.25) is 0 Å². The topological polar surface area (TPSA) is 58.6 Å². The lowest BCUT2D eigenvalue weighted by molar-refractivity contribution is -0.146. The summed E-state index contributed by atoms with van der Waals surface area (Å²) >= 11 is 0. The molecule has 1 fully saturated rings. The summed E-state index contributed by atoms with van der Waals surface area (Å²) in [5.41, 5.74) is -0.674. The molecule has 0 aliphatic carbocycles. The average Bonchev–Trinajstić information content (AvgIpc) is 2.16. The summed E-state index contributed by atoms with van der Waals surface area (Å²) in [6.07, 6.45) is 1.89. The zero-order valence-corrected chi connectivity index (χ0v) is 9.80. The van der Waals surface area contributed by atoms with E-state index < -0.39 is 11.4 Å². The third kappa shape index (κ3) is 3.47. The summed E-state index contributed by atoms with van der Waals surface area (Å²) in [5, 5.41) is 12.3. The number of nitrogens with one attached hydrogen (secondary N) is 1. The van der Waals surface area contributed by atoms with Crippen molar-refractivity contribution in [1.82, 2.24) is 5.32 Å². The molecule has 0 aromatic carbocycles. The predicted octanol–water partition coefficient (Wildman–Crippen LogP) is 1.26. The van der Waals surface area contributed by atoms with Gasteiger partial charge < -0.3 is 15.2 Å². The van der Waals surface area contributed by atoms with Gasteiger partial charge in [0.05, 0.1) is 5.41 Å². The third-order valence-electron chi connectivity index (χ3n) is 3.13. The van der Waals surface area contributed by atoms with Gasteiger partial charge in [-0.05, 0) is 33.6 Å². The van der Waals surface area contributed by atoms with Crippen molar-refractivity contribution in [3.8, 4) is 0 Å². The van der Waals surface area contributed by atoms with E-state index in [0.717, 1.165) is 26.1 Å².